The van der Waals surface area contributed by atoms with Gasteiger partial charge in [-0.05, 0) is 81.0 Å². The number of rotatable bonds is 8. The smallest absolute Gasteiger partial charge is 0.160 e. The second-order valence-corrected chi connectivity index (χ2v) is 11.5. The summed E-state index contributed by atoms with van der Waals surface area (Å²) >= 11 is 0. The molecule has 0 saturated heterocycles. The molecule has 7 atom stereocenters. The zero-order valence-electron chi connectivity index (χ0n) is 19.7. The minimum Gasteiger partial charge on any atom is -0.390 e. The van der Waals surface area contributed by atoms with Crippen molar-refractivity contribution < 1.29 is 14.6 Å². The van der Waals surface area contributed by atoms with Gasteiger partial charge in [0.1, 0.15) is 6.61 Å². The van der Waals surface area contributed by atoms with Crippen molar-refractivity contribution in [2.75, 3.05) is 6.61 Å². The topological polar surface area (TPSA) is 46.5 Å². The first kappa shape index (κ1) is 23.3. The zero-order chi connectivity index (χ0) is 21.2. The third kappa shape index (κ3) is 5.26. The molecule has 168 valence electrons. The summed E-state index contributed by atoms with van der Waals surface area (Å²) in [6.07, 6.45) is 13.5. The van der Waals surface area contributed by atoms with Gasteiger partial charge in [-0.15, -0.1) is 0 Å². The molecule has 0 spiro atoms. The Hall–Kier alpha value is -0.410. The molecular formula is C26H46O3. The highest BCUT2D eigenvalue weighted by atomic mass is 16.5. The molecule has 3 fully saturated rings. The Morgan fingerprint density at radius 3 is 2.52 bits per heavy atom. The molecular weight excluding hydrogens is 360 g/mol. The molecule has 0 bridgehead atoms. The Bertz CT molecular complexity index is 554. The average molecular weight is 407 g/mol. The fraction of sp³-hybridized carbons (Fsp3) is 0.962. The predicted octanol–water partition coefficient (Wildman–Crippen LogP) is 6.17. The number of ketones is 1. The lowest BCUT2D eigenvalue weighted by Gasteiger charge is -2.49. The van der Waals surface area contributed by atoms with Crippen molar-refractivity contribution in [2.24, 2.45) is 35.0 Å². The first-order valence-corrected chi connectivity index (χ1v) is 12.5. The van der Waals surface area contributed by atoms with Crippen LogP contribution in [0.25, 0.3) is 0 Å². The van der Waals surface area contributed by atoms with Crippen LogP contribution in [-0.2, 0) is 9.53 Å². The molecule has 3 heteroatoms. The second kappa shape index (κ2) is 9.39. The molecule has 0 aromatic carbocycles. The van der Waals surface area contributed by atoms with Gasteiger partial charge in [0.2, 0.25) is 0 Å². The summed E-state index contributed by atoms with van der Waals surface area (Å²) in [5.41, 5.74) is -0.199. The van der Waals surface area contributed by atoms with Gasteiger partial charge in [-0.25, -0.2) is 0 Å². The van der Waals surface area contributed by atoms with Crippen molar-refractivity contribution in [3.63, 3.8) is 0 Å². The van der Waals surface area contributed by atoms with Crippen LogP contribution in [-0.4, -0.2) is 29.2 Å². The van der Waals surface area contributed by atoms with Crippen molar-refractivity contribution in [3.05, 3.63) is 0 Å². The van der Waals surface area contributed by atoms with E-state index in [1.807, 2.05) is 20.8 Å². The van der Waals surface area contributed by atoms with Gasteiger partial charge in [0.15, 0.2) is 5.78 Å². The number of Topliss-reactive ketones (excluding diaryl/α,β-unsaturated/α-hetero) is 1. The van der Waals surface area contributed by atoms with E-state index >= 15 is 0 Å². The standard InChI is InChI=1S/C26H46O3/c1-6-20-13-15-26(5)22(11-12-24(26)29-17-23(27)18(2)3)21(20)10-9-19-8-7-14-25(4,28)16-19/h18-22,24,28H,6-17H2,1-5H3. The van der Waals surface area contributed by atoms with Gasteiger partial charge in [-0.2, -0.15) is 0 Å². The number of carbonyl (C=O) groups excluding carboxylic acids is 1. The maximum absolute atomic E-state index is 12.1. The molecule has 3 aliphatic rings. The number of hydrogen-bond acceptors (Lipinski definition) is 3. The summed E-state index contributed by atoms with van der Waals surface area (Å²) in [4.78, 5) is 12.1. The van der Waals surface area contributed by atoms with E-state index in [0.717, 1.165) is 37.0 Å². The molecule has 0 aliphatic heterocycles. The first-order chi connectivity index (χ1) is 13.7. The van der Waals surface area contributed by atoms with E-state index in [4.69, 9.17) is 4.74 Å². The summed E-state index contributed by atoms with van der Waals surface area (Å²) in [6, 6.07) is 0. The van der Waals surface area contributed by atoms with E-state index in [-0.39, 0.29) is 23.2 Å². The third-order valence-electron chi connectivity index (χ3n) is 9.06. The SMILES string of the molecule is CCC1CCC2(C)C(OCC(=O)C(C)C)CCC2C1CCC1CCCC(C)(O)C1. The summed E-state index contributed by atoms with van der Waals surface area (Å²) in [5, 5.41) is 10.5. The van der Waals surface area contributed by atoms with Crippen molar-refractivity contribution in [1.82, 2.24) is 0 Å². The van der Waals surface area contributed by atoms with Gasteiger partial charge in [0, 0.05) is 5.92 Å². The quantitative estimate of drug-likeness (QED) is 0.524. The molecule has 3 rings (SSSR count). The van der Waals surface area contributed by atoms with E-state index in [2.05, 4.69) is 13.8 Å². The zero-order valence-corrected chi connectivity index (χ0v) is 19.7. The maximum atomic E-state index is 12.1. The lowest BCUT2D eigenvalue weighted by molar-refractivity contribution is -0.133. The van der Waals surface area contributed by atoms with E-state index in [1.165, 1.54) is 51.4 Å². The molecule has 3 saturated carbocycles. The highest BCUT2D eigenvalue weighted by molar-refractivity contribution is 5.81. The molecule has 0 radical (unpaired) electrons. The molecule has 3 aliphatic carbocycles. The van der Waals surface area contributed by atoms with E-state index in [1.54, 1.807) is 0 Å². The summed E-state index contributed by atoms with van der Waals surface area (Å²) in [5.74, 6) is 3.37. The lowest BCUT2D eigenvalue weighted by Crippen LogP contribution is -2.44. The summed E-state index contributed by atoms with van der Waals surface area (Å²) in [7, 11) is 0. The van der Waals surface area contributed by atoms with Crippen molar-refractivity contribution in [1.29, 1.82) is 0 Å². The summed E-state index contributed by atoms with van der Waals surface area (Å²) in [6.45, 7) is 11.1. The van der Waals surface area contributed by atoms with Gasteiger partial charge in [-0.1, -0.05) is 53.4 Å². The van der Waals surface area contributed by atoms with Crippen LogP contribution in [0.15, 0.2) is 0 Å². The Morgan fingerprint density at radius 2 is 1.86 bits per heavy atom. The van der Waals surface area contributed by atoms with Crippen LogP contribution in [0, 0.1) is 35.0 Å². The Labute approximate surface area is 179 Å². The molecule has 0 heterocycles. The van der Waals surface area contributed by atoms with E-state index in [9.17, 15) is 9.90 Å². The van der Waals surface area contributed by atoms with Gasteiger partial charge in [0.25, 0.3) is 0 Å². The van der Waals surface area contributed by atoms with Crippen LogP contribution in [0.2, 0.25) is 0 Å². The van der Waals surface area contributed by atoms with Crippen molar-refractivity contribution in [3.8, 4) is 0 Å². The first-order valence-electron chi connectivity index (χ1n) is 12.5. The lowest BCUT2D eigenvalue weighted by atomic mass is 9.58. The summed E-state index contributed by atoms with van der Waals surface area (Å²) < 4.78 is 6.25. The number of carbonyl (C=O) groups is 1. The van der Waals surface area contributed by atoms with Crippen LogP contribution in [0.5, 0.6) is 0 Å². The highest BCUT2D eigenvalue weighted by Gasteiger charge is 2.54. The van der Waals surface area contributed by atoms with E-state index < -0.39 is 5.60 Å². The Kier molecular flexibility index (Phi) is 7.53. The van der Waals surface area contributed by atoms with E-state index in [0.29, 0.717) is 12.5 Å². The van der Waals surface area contributed by atoms with Crippen molar-refractivity contribution >= 4 is 5.78 Å². The van der Waals surface area contributed by atoms with Gasteiger partial charge in [0.05, 0.1) is 11.7 Å². The van der Waals surface area contributed by atoms with Gasteiger partial charge >= 0.3 is 0 Å². The molecule has 3 nitrogen and oxygen atoms in total. The second-order valence-electron chi connectivity index (χ2n) is 11.5. The number of aliphatic hydroxyl groups is 1. The molecule has 0 aromatic heterocycles. The monoisotopic (exact) mass is 406 g/mol. The van der Waals surface area contributed by atoms with Crippen LogP contribution in [0.1, 0.15) is 105 Å². The van der Waals surface area contributed by atoms with Gasteiger partial charge in [-0.3, -0.25) is 4.79 Å². The molecule has 29 heavy (non-hydrogen) atoms. The predicted molar refractivity (Wildman–Crippen MR) is 119 cm³/mol. The number of ether oxygens (including phenoxy) is 1. The largest absolute Gasteiger partial charge is 0.390 e. The molecule has 0 aromatic rings. The fourth-order valence-corrected chi connectivity index (χ4v) is 7.16. The molecule has 0 amide bonds. The normalized spacial score (nSPS) is 42.8. The van der Waals surface area contributed by atoms with Crippen LogP contribution < -0.4 is 0 Å². The Balaban J connectivity index is 1.63. The highest BCUT2D eigenvalue weighted by Crippen LogP contribution is 2.59. The van der Waals surface area contributed by atoms with Gasteiger partial charge < -0.3 is 9.84 Å². The van der Waals surface area contributed by atoms with Crippen molar-refractivity contribution in [2.45, 2.75) is 117 Å². The Morgan fingerprint density at radius 1 is 1.10 bits per heavy atom. The molecule has 7 unspecified atom stereocenters. The van der Waals surface area contributed by atoms with Crippen LogP contribution in [0.4, 0.5) is 0 Å². The average Bonchev–Trinajstić information content (AvgIpc) is 2.99. The number of fused-ring (bicyclic) bond motifs is 1. The minimum atomic E-state index is -0.441. The fourth-order valence-electron chi connectivity index (χ4n) is 7.16. The molecule has 1 N–H and O–H groups in total. The van der Waals surface area contributed by atoms with Crippen LogP contribution in [0.3, 0.4) is 0 Å². The maximum Gasteiger partial charge on any atom is 0.160 e. The minimum absolute atomic E-state index is 0.0660. The third-order valence-corrected chi connectivity index (χ3v) is 9.06. The van der Waals surface area contributed by atoms with Crippen LogP contribution >= 0.6 is 0 Å². The number of hydrogen-bond donors (Lipinski definition) is 1.